The van der Waals surface area contributed by atoms with Crippen LogP contribution in [0.5, 0.6) is 0 Å². The number of carbonyl (C=O) groups is 1. The van der Waals surface area contributed by atoms with E-state index < -0.39 is 0 Å². The van der Waals surface area contributed by atoms with Crippen molar-refractivity contribution in [1.82, 2.24) is 15.5 Å². The predicted octanol–water partition coefficient (Wildman–Crippen LogP) is 3.17. The van der Waals surface area contributed by atoms with Gasteiger partial charge in [0.25, 0.3) is 5.91 Å². The molecule has 2 N–H and O–H groups in total. The minimum Gasteiger partial charge on any atom is -0.352 e. The minimum atomic E-state index is -0.253. The third-order valence-electron chi connectivity index (χ3n) is 4.28. The summed E-state index contributed by atoms with van der Waals surface area (Å²) in [7, 11) is 1.69. The van der Waals surface area contributed by atoms with E-state index in [1.807, 2.05) is 44.2 Å². The molecule has 6 heteroatoms. The molecule has 2 rings (SSSR count). The van der Waals surface area contributed by atoms with Crippen LogP contribution in [0.25, 0.3) is 0 Å². The second-order valence-corrected chi connectivity index (χ2v) is 6.08. The van der Waals surface area contributed by atoms with E-state index >= 15 is 0 Å². The Kier molecular flexibility index (Phi) is 7.79. The van der Waals surface area contributed by atoms with Crippen LogP contribution < -0.4 is 10.6 Å². The molecule has 2 aromatic rings. The number of nitrogens with one attached hydrogen (secondary N) is 2. The quantitative estimate of drug-likeness (QED) is 0.581. The lowest BCUT2D eigenvalue weighted by molar-refractivity contribution is 0.0773. The van der Waals surface area contributed by atoms with Crippen LogP contribution in [0.15, 0.2) is 53.5 Å². The van der Waals surface area contributed by atoms with Crippen molar-refractivity contribution < 1.29 is 9.18 Å². The predicted molar refractivity (Wildman–Crippen MR) is 107 cm³/mol. The molecule has 0 aliphatic rings. The molecule has 0 saturated heterocycles. The van der Waals surface area contributed by atoms with Gasteiger partial charge in [-0.3, -0.25) is 9.79 Å². The number of amides is 1. The minimum absolute atomic E-state index is 0.0482. The van der Waals surface area contributed by atoms with Crippen molar-refractivity contribution >= 4 is 11.9 Å². The van der Waals surface area contributed by atoms with Gasteiger partial charge < -0.3 is 15.5 Å². The normalized spacial score (nSPS) is 11.2. The number of guanidine groups is 1. The van der Waals surface area contributed by atoms with Crippen molar-refractivity contribution in [3.8, 4) is 0 Å². The largest absolute Gasteiger partial charge is 0.352 e. The third-order valence-corrected chi connectivity index (χ3v) is 4.28. The van der Waals surface area contributed by atoms with Gasteiger partial charge in [-0.2, -0.15) is 0 Å². The maximum absolute atomic E-state index is 13.2. The van der Waals surface area contributed by atoms with Crippen LogP contribution in [0, 0.1) is 5.82 Å². The second-order valence-electron chi connectivity index (χ2n) is 6.08. The number of carbonyl (C=O) groups excluding carboxylic acids is 1. The van der Waals surface area contributed by atoms with E-state index in [4.69, 9.17) is 0 Å². The molecular weight excluding hydrogens is 343 g/mol. The van der Waals surface area contributed by atoms with E-state index in [0.717, 1.165) is 11.1 Å². The number of halogens is 1. The molecule has 0 saturated carbocycles. The molecule has 0 bridgehead atoms. The lowest BCUT2D eigenvalue weighted by Crippen LogP contribution is -2.36. The first kappa shape index (κ1) is 20.4. The molecule has 5 nitrogen and oxygen atoms in total. The van der Waals surface area contributed by atoms with E-state index in [1.165, 1.54) is 12.1 Å². The van der Waals surface area contributed by atoms with Gasteiger partial charge in [0, 0.05) is 38.8 Å². The number of benzene rings is 2. The Morgan fingerprint density at radius 3 is 2.19 bits per heavy atom. The summed E-state index contributed by atoms with van der Waals surface area (Å²) in [5, 5.41) is 6.37. The zero-order valence-corrected chi connectivity index (χ0v) is 16.1. The zero-order valence-electron chi connectivity index (χ0n) is 16.1. The van der Waals surface area contributed by atoms with Crippen molar-refractivity contribution in [3.05, 3.63) is 71.0 Å². The smallest absolute Gasteiger partial charge is 0.253 e. The molecule has 144 valence electrons. The molecule has 0 heterocycles. The summed E-state index contributed by atoms with van der Waals surface area (Å²) in [4.78, 5) is 18.3. The Labute approximate surface area is 160 Å². The number of hydrogen-bond donors (Lipinski definition) is 2. The summed E-state index contributed by atoms with van der Waals surface area (Å²) in [6, 6.07) is 14.0. The number of hydrogen-bond acceptors (Lipinski definition) is 2. The van der Waals surface area contributed by atoms with Gasteiger partial charge in [0.05, 0.1) is 0 Å². The van der Waals surface area contributed by atoms with Crippen molar-refractivity contribution in [2.75, 3.05) is 20.1 Å². The highest BCUT2D eigenvalue weighted by atomic mass is 19.1. The molecule has 0 unspecified atom stereocenters. The van der Waals surface area contributed by atoms with E-state index in [-0.39, 0.29) is 11.7 Å². The first-order valence-corrected chi connectivity index (χ1v) is 9.14. The Morgan fingerprint density at radius 2 is 1.63 bits per heavy atom. The van der Waals surface area contributed by atoms with Gasteiger partial charge in [-0.15, -0.1) is 0 Å². The van der Waals surface area contributed by atoms with Crippen LogP contribution >= 0.6 is 0 Å². The molecule has 0 aliphatic carbocycles. The molecule has 2 aromatic carbocycles. The van der Waals surface area contributed by atoms with Gasteiger partial charge in [0.2, 0.25) is 0 Å². The molecule has 1 amide bonds. The molecule has 0 atom stereocenters. The number of nitrogens with zero attached hydrogens (tertiary/aromatic N) is 2. The lowest BCUT2D eigenvalue weighted by atomic mass is 10.1. The van der Waals surface area contributed by atoms with Crippen LogP contribution in [0.1, 0.15) is 35.3 Å². The summed E-state index contributed by atoms with van der Waals surface area (Å²) in [5.74, 6) is 0.422. The second kappa shape index (κ2) is 10.3. The monoisotopic (exact) mass is 370 g/mol. The Balaban J connectivity index is 1.88. The Hall–Kier alpha value is -2.89. The van der Waals surface area contributed by atoms with Gasteiger partial charge in [0.1, 0.15) is 5.82 Å². The van der Waals surface area contributed by atoms with Crippen LogP contribution in [0.4, 0.5) is 4.39 Å². The van der Waals surface area contributed by atoms with E-state index in [2.05, 4.69) is 15.6 Å². The van der Waals surface area contributed by atoms with Crippen molar-refractivity contribution in [2.45, 2.75) is 26.9 Å². The first-order chi connectivity index (χ1) is 13.1. The van der Waals surface area contributed by atoms with Crippen LogP contribution in [-0.2, 0) is 13.1 Å². The highest BCUT2D eigenvalue weighted by Gasteiger charge is 2.11. The topological polar surface area (TPSA) is 56.7 Å². The zero-order chi connectivity index (χ0) is 19.6. The van der Waals surface area contributed by atoms with Gasteiger partial charge >= 0.3 is 0 Å². The fourth-order valence-electron chi connectivity index (χ4n) is 2.70. The summed E-state index contributed by atoms with van der Waals surface area (Å²) < 4.78 is 13.2. The standard InChI is InChI=1S/C21H27FN4O/c1-4-26(5-2)20(27)18-11-9-16(10-12-18)14-24-21(23-3)25-15-17-7-6-8-19(22)13-17/h6-13H,4-5,14-15H2,1-3H3,(H2,23,24,25). The fraction of sp³-hybridized carbons (Fsp3) is 0.333. The summed E-state index contributed by atoms with van der Waals surface area (Å²) in [6.07, 6.45) is 0. The molecule has 0 aliphatic heterocycles. The van der Waals surface area contributed by atoms with E-state index in [9.17, 15) is 9.18 Å². The average molecular weight is 370 g/mol. The Morgan fingerprint density at radius 1 is 1.00 bits per heavy atom. The summed E-state index contributed by atoms with van der Waals surface area (Å²) >= 11 is 0. The van der Waals surface area contributed by atoms with E-state index in [1.54, 1.807) is 18.0 Å². The van der Waals surface area contributed by atoms with Gasteiger partial charge in [-0.25, -0.2) is 4.39 Å². The maximum Gasteiger partial charge on any atom is 0.253 e. The lowest BCUT2D eigenvalue weighted by Gasteiger charge is -2.18. The van der Waals surface area contributed by atoms with Gasteiger partial charge in [-0.05, 0) is 49.2 Å². The van der Waals surface area contributed by atoms with Crippen LogP contribution in [-0.4, -0.2) is 36.9 Å². The number of rotatable bonds is 7. The molecule has 0 radical (unpaired) electrons. The number of aliphatic imine (C=N–C) groups is 1. The fourth-order valence-corrected chi connectivity index (χ4v) is 2.70. The maximum atomic E-state index is 13.2. The third kappa shape index (κ3) is 6.09. The van der Waals surface area contributed by atoms with Crippen molar-refractivity contribution in [1.29, 1.82) is 0 Å². The summed E-state index contributed by atoms with van der Waals surface area (Å²) in [5.41, 5.74) is 2.58. The van der Waals surface area contributed by atoms with Crippen molar-refractivity contribution in [2.24, 2.45) is 4.99 Å². The van der Waals surface area contributed by atoms with Crippen molar-refractivity contribution in [3.63, 3.8) is 0 Å². The Bertz CT molecular complexity index is 770. The van der Waals surface area contributed by atoms with Gasteiger partial charge in [0.15, 0.2) is 5.96 Å². The SMILES string of the molecule is CCN(CC)C(=O)c1ccc(CNC(=NC)NCc2cccc(F)c2)cc1. The molecule has 0 aromatic heterocycles. The van der Waals surface area contributed by atoms with Crippen LogP contribution in [0.3, 0.4) is 0 Å². The van der Waals surface area contributed by atoms with E-state index in [0.29, 0.717) is 37.7 Å². The molecular formula is C21H27FN4O. The highest BCUT2D eigenvalue weighted by Crippen LogP contribution is 2.08. The molecule has 27 heavy (non-hydrogen) atoms. The van der Waals surface area contributed by atoms with Gasteiger partial charge in [-0.1, -0.05) is 24.3 Å². The molecule has 0 fully saturated rings. The summed E-state index contributed by atoms with van der Waals surface area (Å²) in [6.45, 7) is 6.40. The average Bonchev–Trinajstić information content (AvgIpc) is 2.69. The first-order valence-electron chi connectivity index (χ1n) is 9.14. The highest BCUT2D eigenvalue weighted by molar-refractivity contribution is 5.94. The molecule has 0 spiro atoms. The van der Waals surface area contributed by atoms with Crippen LogP contribution in [0.2, 0.25) is 0 Å².